The minimum Gasteiger partial charge on any atom is -0.324 e. The molecule has 0 radical (unpaired) electrons. The van der Waals surface area contributed by atoms with Gasteiger partial charge in [-0.2, -0.15) is 0 Å². The number of hydrogen-bond donors (Lipinski definition) is 2. The molecule has 10 heavy (non-hydrogen) atoms. The Morgan fingerprint density at radius 3 is 2.50 bits per heavy atom. The van der Waals surface area contributed by atoms with Crippen molar-refractivity contribution in [3.8, 4) is 0 Å². The van der Waals surface area contributed by atoms with E-state index < -0.39 is 0 Å². The van der Waals surface area contributed by atoms with E-state index in [-0.39, 0.29) is 6.03 Å². The van der Waals surface area contributed by atoms with Crippen LogP contribution in [0.4, 0.5) is 4.79 Å². The van der Waals surface area contributed by atoms with Crippen LogP contribution in [0.25, 0.3) is 0 Å². The van der Waals surface area contributed by atoms with Crippen LogP contribution in [0.2, 0.25) is 0 Å². The number of carbonyl (C=O) groups excluding carboxylic acids is 1. The van der Waals surface area contributed by atoms with E-state index in [1.165, 1.54) is 0 Å². The number of rotatable bonds is 1. The van der Waals surface area contributed by atoms with Gasteiger partial charge in [-0.15, -0.1) is 0 Å². The van der Waals surface area contributed by atoms with Crippen LogP contribution in [0.1, 0.15) is 12.8 Å². The lowest BCUT2D eigenvalue weighted by Gasteiger charge is -2.14. The van der Waals surface area contributed by atoms with E-state index in [4.69, 9.17) is 0 Å². The van der Waals surface area contributed by atoms with E-state index in [9.17, 15) is 4.79 Å². The van der Waals surface area contributed by atoms with Gasteiger partial charge < -0.3 is 4.90 Å². The third kappa shape index (κ3) is 1.60. The molecule has 0 spiro atoms. The largest absolute Gasteiger partial charge is 0.331 e. The van der Waals surface area contributed by atoms with Crippen LogP contribution in [0.5, 0.6) is 0 Å². The van der Waals surface area contributed by atoms with Crippen molar-refractivity contribution in [2.75, 3.05) is 20.1 Å². The van der Waals surface area contributed by atoms with E-state index in [0.29, 0.717) is 0 Å². The molecule has 1 rings (SSSR count). The lowest BCUT2D eigenvalue weighted by atomic mass is 10.4. The Morgan fingerprint density at radius 2 is 2.00 bits per heavy atom. The fraction of sp³-hybridized carbons (Fsp3) is 0.833. The van der Waals surface area contributed by atoms with E-state index in [0.717, 1.165) is 25.9 Å². The van der Waals surface area contributed by atoms with Crippen molar-refractivity contribution >= 4 is 6.03 Å². The molecule has 1 aliphatic heterocycles. The second kappa shape index (κ2) is 3.41. The zero-order valence-corrected chi connectivity index (χ0v) is 6.18. The third-order valence-electron chi connectivity index (χ3n) is 1.63. The maximum absolute atomic E-state index is 11.0. The molecule has 2 amide bonds. The van der Waals surface area contributed by atoms with Crippen molar-refractivity contribution in [2.45, 2.75) is 12.8 Å². The molecule has 0 aliphatic carbocycles. The van der Waals surface area contributed by atoms with Gasteiger partial charge in [0.2, 0.25) is 0 Å². The smallest absolute Gasteiger partial charge is 0.324 e. The molecule has 0 saturated carbocycles. The number of urea groups is 1. The second-order valence-electron chi connectivity index (χ2n) is 2.37. The van der Waals surface area contributed by atoms with Gasteiger partial charge in [-0.25, -0.2) is 10.2 Å². The van der Waals surface area contributed by atoms with Gasteiger partial charge in [0.25, 0.3) is 0 Å². The Labute approximate surface area is 60.5 Å². The number of nitrogens with zero attached hydrogens (tertiary/aromatic N) is 1. The van der Waals surface area contributed by atoms with Crippen molar-refractivity contribution in [3.63, 3.8) is 0 Å². The summed E-state index contributed by atoms with van der Waals surface area (Å²) in [4.78, 5) is 12.8. The van der Waals surface area contributed by atoms with Gasteiger partial charge in [-0.3, -0.25) is 5.43 Å². The number of nitrogens with one attached hydrogen (secondary N) is 2. The second-order valence-corrected chi connectivity index (χ2v) is 2.37. The number of hydrogen-bond acceptors (Lipinski definition) is 2. The lowest BCUT2D eigenvalue weighted by Crippen LogP contribution is -2.43. The van der Waals surface area contributed by atoms with Crippen molar-refractivity contribution in [1.29, 1.82) is 0 Å². The maximum atomic E-state index is 11.0. The summed E-state index contributed by atoms with van der Waals surface area (Å²) in [5.41, 5.74) is 5.13. The zero-order chi connectivity index (χ0) is 7.40. The summed E-state index contributed by atoms with van der Waals surface area (Å²) in [6.07, 6.45) is 2.27. The topological polar surface area (TPSA) is 44.4 Å². The Morgan fingerprint density at radius 1 is 1.40 bits per heavy atom. The summed E-state index contributed by atoms with van der Waals surface area (Å²) < 4.78 is 0. The Hall–Kier alpha value is -0.770. The predicted molar refractivity (Wildman–Crippen MR) is 38.4 cm³/mol. The summed E-state index contributed by atoms with van der Waals surface area (Å²) in [5, 5.41) is 0. The third-order valence-corrected chi connectivity index (χ3v) is 1.63. The highest BCUT2D eigenvalue weighted by molar-refractivity contribution is 5.73. The van der Waals surface area contributed by atoms with Gasteiger partial charge >= 0.3 is 6.03 Å². The standard InChI is InChI=1S/C6H13N3O/c1-7-8-6(10)9-4-2-3-5-9/h7H,2-5H2,1H3,(H,8,10). The molecule has 0 unspecified atom stereocenters. The van der Waals surface area contributed by atoms with Gasteiger partial charge in [0.1, 0.15) is 0 Å². The van der Waals surface area contributed by atoms with Crippen LogP contribution in [-0.4, -0.2) is 31.1 Å². The molecule has 1 fully saturated rings. The molecule has 2 N–H and O–H groups in total. The first kappa shape index (κ1) is 7.34. The van der Waals surface area contributed by atoms with Crippen molar-refractivity contribution in [1.82, 2.24) is 15.8 Å². The van der Waals surface area contributed by atoms with E-state index in [2.05, 4.69) is 10.9 Å². The van der Waals surface area contributed by atoms with Crippen molar-refractivity contribution in [3.05, 3.63) is 0 Å². The average molecular weight is 143 g/mol. The maximum Gasteiger partial charge on any atom is 0.331 e. The monoisotopic (exact) mass is 143 g/mol. The fourth-order valence-electron chi connectivity index (χ4n) is 1.11. The molecule has 0 aromatic carbocycles. The van der Waals surface area contributed by atoms with Gasteiger partial charge in [-0.1, -0.05) is 0 Å². The molecule has 58 valence electrons. The van der Waals surface area contributed by atoms with E-state index in [1.54, 1.807) is 11.9 Å². The van der Waals surface area contributed by atoms with Crippen molar-refractivity contribution in [2.24, 2.45) is 0 Å². The van der Waals surface area contributed by atoms with Crippen LogP contribution in [-0.2, 0) is 0 Å². The van der Waals surface area contributed by atoms with Crippen LogP contribution in [0.3, 0.4) is 0 Å². The van der Waals surface area contributed by atoms with Crippen LogP contribution < -0.4 is 10.9 Å². The highest BCUT2D eigenvalue weighted by atomic mass is 16.2. The lowest BCUT2D eigenvalue weighted by molar-refractivity contribution is 0.205. The van der Waals surface area contributed by atoms with Gasteiger partial charge in [0, 0.05) is 20.1 Å². The molecule has 4 heteroatoms. The SMILES string of the molecule is CNNC(=O)N1CCCC1. The van der Waals surface area contributed by atoms with E-state index >= 15 is 0 Å². The molecule has 0 atom stereocenters. The normalized spacial score (nSPS) is 17.5. The molecule has 1 heterocycles. The van der Waals surface area contributed by atoms with Crippen LogP contribution >= 0.6 is 0 Å². The molecule has 0 aromatic rings. The van der Waals surface area contributed by atoms with Crippen LogP contribution in [0, 0.1) is 0 Å². The Bertz CT molecular complexity index is 120. The molecular weight excluding hydrogens is 130 g/mol. The zero-order valence-electron chi connectivity index (χ0n) is 6.18. The molecule has 0 aromatic heterocycles. The number of amides is 2. The van der Waals surface area contributed by atoms with Gasteiger partial charge in [-0.05, 0) is 12.8 Å². The molecule has 4 nitrogen and oxygen atoms in total. The number of carbonyl (C=O) groups is 1. The number of likely N-dealkylation sites (tertiary alicyclic amines) is 1. The molecule has 1 saturated heterocycles. The van der Waals surface area contributed by atoms with E-state index in [1.807, 2.05) is 0 Å². The first-order valence-corrected chi connectivity index (χ1v) is 3.56. The predicted octanol–water partition coefficient (Wildman–Crippen LogP) is -0.0738. The average Bonchev–Trinajstić information content (AvgIpc) is 2.38. The summed E-state index contributed by atoms with van der Waals surface area (Å²) in [5.74, 6) is 0. The Balaban J connectivity index is 2.25. The fourth-order valence-corrected chi connectivity index (χ4v) is 1.11. The quantitative estimate of drug-likeness (QED) is 0.504. The first-order valence-electron chi connectivity index (χ1n) is 3.56. The summed E-state index contributed by atoms with van der Waals surface area (Å²) in [6, 6.07) is -0.0139. The Kier molecular flexibility index (Phi) is 2.50. The highest BCUT2D eigenvalue weighted by Gasteiger charge is 2.16. The first-order chi connectivity index (χ1) is 4.84. The summed E-state index contributed by atoms with van der Waals surface area (Å²) >= 11 is 0. The van der Waals surface area contributed by atoms with Gasteiger partial charge in [0.15, 0.2) is 0 Å². The minimum absolute atomic E-state index is 0.0139. The molecular formula is C6H13N3O. The van der Waals surface area contributed by atoms with Crippen molar-refractivity contribution < 1.29 is 4.79 Å². The summed E-state index contributed by atoms with van der Waals surface area (Å²) in [6.45, 7) is 1.79. The highest BCUT2D eigenvalue weighted by Crippen LogP contribution is 2.06. The summed E-state index contributed by atoms with van der Waals surface area (Å²) in [7, 11) is 1.69. The van der Waals surface area contributed by atoms with Gasteiger partial charge in [0.05, 0.1) is 0 Å². The minimum atomic E-state index is -0.0139. The molecule has 1 aliphatic rings. The van der Waals surface area contributed by atoms with Crippen LogP contribution in [0.15, 0.2) is 0 Å². The molecule has 0 bridgehead atoms. The number of hydrazine groups is 1.